The van der Waals surface area contributed by atoms with E-state index in [1.807, 2.05) is 0 Å². The Hall–Kier alpha value is -1.75. The number of aryl methyl sites for hydroxylation is 2. The highest BCUT2D eigenvalue weighted by Crippen LogP contribution is 2.39. The van der Waals surface area contributed by atoms with Gasteiger partial charge in [0.2, 0.25) is 0 Å². The van der Waals surface area contributed by atoms with Gasteiger partial charge in [-0.05, 0) is 38.3 Å². The highest BCUT2D eigenvalue weighted by atomic mass is 32.1. The maximum Gasteiger partial charge on any atom is 0.150 e. The monoisotopic (exact) mass is 326 g/mol. The molecular formula is C18H22N4S. The van der Waals surface area contributed by atoms with Crippen LogP contribution in [0.3, 0.4) is 0 Å². The maximum atomic E-state index is 4.72. The minimum Gasteiger partial charge on any atom is -0.355 e. The molecule has 1 aliphatic rings. The normalized spacial score (nSPS) is 16.3. The molecule has 120 valence electrons. The van der Waals surface area contributed by atoms with Gasteiger partial charge in [-0.1, -0.05) is 19.3 Å². The highest BCUT2D eigenvalue weighted by Gasteiger charge is 2.23. The second-order valence-corrected chi connectivity index (χ2v) is 7.64. The summed E-state index contributed by atoms with van der Waals surface area (Å²) in [4.78, 5) is 17.4. The summed E-state index contributed by atoms with van der Waals surface area (Å²) in [6, 6.07) is 2.74. The number of rotatable bonds is 2. The van der Waals surface area contributed by atoms with Crippen molar-refractivity contribution in [3.8, 4) is 0 Å². The van der Waals surface area contributed by atoms with E-state index in [1.165, 1.54) is 47.8 Å². The predicted molar refractivity (Wildman–Crippen MR) is 97.5 cm³/mol. The molecule has 0 radical (unpaired) electrons. The van der Waals surface area contributed by atoms with Gasteiger partial charge in [0.05, 0.1) is 10.2 Å². The number of anilines is 1. The number of pyridine rings is 1. The van der Waals surface area contributed by atoms with Gasteiger partial charge in [0, 0.05) is 24.2 Å². The quantitative estimate of drug-likeness (QED) is 0.689. The largest absolute Gasteiger partial charge is 0.355 e. The fourth-order valence-corrected chi connectivity index (χ4v) is 5.07. The van der Waals surface area contributed by atoms with Crippen molar-refractivity contribution in [2.75, 3.05) is 11.9 Å². The van der Waals surface area contributed by atoms with Crippen LogP contribution in [0, 0.1) is 13.8 Å². The molecule has 0 aliphatic heterocycles. The van der Waals surface area contributed by atoms with Crippen molar-refractivity contribution in [3.05, 3.63) is 23.7 Å². The number of hydrogen-bond donors (Lipinski definition) is 0. The smallest absolute Gasteiger partial charge is 0.150 e. The molecule has 23 heavy (non-hydrogen) atoms. The molecule has 3 heterocycles. The van der Waals surface area contributed by atoms with Gasteiger partial charge in [-0.3, -0.25) is 0 Å². The Morgan fingerprint density at radius 1 is 1.13 bits per heavy atom. The molecule has 0 spiro atoms. The lowest BCUT2D eigenvalue weighted by Crippen LogP contribution is -2.33. The molecule has 0 saturated heterocycles. The van der Waals surface area contributed by atoms with E-state index in [4.69, 9.17) is 4.98 Å². The average Bonchev–Trinajstić information content (AvgIpc) is 2.93. The molecule has 3 aromatic heterocycles. The van der Waals surface area contributed by atoms with Gasteiger partial charge < -0.3 is 4.90 Å². The lowest BCUT2D eigenvalue weighted by Gasteiger charge is -2.32. The third kappa shape index (κ3) is 2.47. The molecule has 0 bridgehead atoms. The Morgan fingerprint density at radius 2 is 1.91 bits per heavy atom. The fraction of sp³-hybridized carbons (Fsp3) is 0.500. The van der Waals surface area contributed by atoms with E-state index < -0.39 is 0 Å². The SMILES string of the molecule is Cc1cc(C)c2c(n1)sc1c(N(C)C3CCCCC3)ncnc12. The van der Waals surface area contributed by atoms with Crippen molar-refractivity contribution in [1.29, 1.82) is 0 Å². The van der Waals surface area contributed by atoms with Crippen LogP contribution in [0.5, 0.6) is 0 Å². The van der Waals surface area contributed by atoms with Crippen LogP contribution in [0.4, 0.5) is 5.82 Å². The van der Waals surface area contributed by atoms with Crippen molar-refractivity contribution in [1.82, 2.24) is 15.0 Å². The van der Waals surface area contributed by atoms with Gasteiger partial charge in [0.25, 0.3) is 0 Å². The molecule has 5 heteroatoms. The van der Waals surface area contributed by atoms with E-state index in [0.717, 1.165) is 21.9 Å². The van der Waals surface area contributed by atoms with Crippen LogP contribution in [-0.4, -0.2) is 28.0 Å². The number of nitrogens with zero attached hydrogens (tertiary/aromatic N) is 4. The molecule has 3 aromatic rings. The summed E-state index contributed by atoms with van der Waals surface area (Å²) < 4.78 is 1.18. The van der Waals surface area contributed by atoms with E-state index in [9.17, 15) is 0 Å². The Balaban J connectivity index is 1.89. The fourth-order valence-electron chi connectivity index (χ4n) is 3.79. The molecule has 4 nitrogen and oxygen atoms in total. The summed E-state index contributed by atoms with van der Waals surface area (Å²) in [5.74, 6) is 1.07. The lowest BCUT2D eigenvalue weighted by molar-refractivity contribution is 0.426. The first-order valence-corrected chi connectivity index (χ1v) is 9.21. The van der Waals surface area contributed by atoms with E-state index >= 15 is 0 Å². The topological polar surface area (TPSA) is 41.9 Å². The Morgan fingerprint density at radius 3 is 2.70 bits per heavy atom. The summed E-state index contributed by atoms with van der Waals surface area (Å²) in [7, 11) is 2.19. The zero-order valence-corrected chi connectivity index (χ0v) is 14.8. The standard InChI is InChI=1S/C18H22N4S/c1-11-9-12(2)21-18-14(11)15-16(23-18)17(20-10-19-15)22(3)13-7-5-4-6-8-13/h9-10,13H,4-8H2,1-3H3. The molecule has 4 rings (SSSR count). The summed E-state index contributed by atoms with van der Waals surface area (Å²) >= 11 is 1.73. The number of fused-ring (bicyclic) bond motifs is 3. The third-order valence-electron chi connectivity index (χ3n) is 4.99. The van der Waals surface area contributed by atoms with Crippen molar-refractivity contribution in [2.24, 2.45) is 0 Å². The van der Waals surface area contributed by atoms with Gasteiger partial charge in [-0.15, -0.1) is 11.3 Å². The van der Waals surface area contributed by atoms with Gasteiger partial charge in [-0.25, -0.2) is 15.0 Å². The molecule has 0 atom stereocenters. The number of thiophene rings is 1. The maximum absolute atomic E-state index is 4.72. The molecule has 1 fully saturated rings. The van der Waals surface area contributed by atoms with Crippen molar-refractivity contribution >= 4 is 37.6 Å². The minimum atomic E-state index is 0.600. The van der Waals surface area contributed by atoms with Crippen LogP contribution in [0.1, 0.15) is 43.4 Å². The first kappa shape index (κ1) is 14.8. The van der Waals surface area contributed by atoms with E-state index in [0.29, 0.717) is 6.04 Å². The second-order valence-electron chi connectivity index (χ2n) is 6.64. The molecule has 0 aromatic carbocycles. The number of hydrogen-bond acceptors (Lipinski definition) is 5. The highest BCUT2D eigenvalue weighted by molar-refractivity contribution is 7.26. The number of aromatic nitrogens is 3. The van der Waals surface area contributed by atoms with Crippen LogP contribution in [0.25, 0.3) is 20.4 Å². The third-order valence-corrected chi connectivity index (χ3v) is 6.06. The van der Waals surface area contributed by atoms with Crippen LogP contribution >= 0.6 is 11.3 Å². The summed E-state index contributed by atoms with van der Waals surface area (Å²) in [5.41, 5.74) is 3.38. The first-order valence-electron chi connectivity index (χ1n) is 8.39. The minimum absolute atomic E-state index is 0.600. The molecule has 0 amide bonds. The average molecular weight is 326 g/mol. The van der Waals surface area contributed by atoms with Gasteiger partial charge in [-0.2, -0.15) is 0 Å². The molecule has 0 N–H and O–H groups in total. The Kier molecular flexibility index (Phi) is 3.68. The zero-order valence-electron chi connectivity index (χ0n) is 14.0. The van der Waals surface area contributed by atoms with E-state index in [1.54, 1.807) is 17.7 Å². The predicted octanol–water partition coefficient (Wildman–Crippen LogP) is 4.63. The van der Waals surface area contributed by atoms with Gasteiger partial charge in [0.15, 0.2) is 0 Å². The van der Waals surface area contributed by atoms with Crippen LogP contribution < -0.4 is 4.90 Å². The van der Waals surface area contributed by atoms with Gasteiger partial charge in [0.1, 0.15) is 17.0 Å². The van der Waals surface area contributed by atoms with Crippen LogP contribution in [-0.2, 0) is 0 Å². The van der Waals surface area contributed by atoms with Crippen LogP contribution in [0.2, 0.25) is 0 Å². The van der Waals surface area contributed by atoms with Crippen molar-refractivity contribution < 1.29 is 0 Å². The van der Waals surface area contributed by atoms with E-state index in [-0.39, 0.29) is 0 Å². The van der Waals surface area contributed by atoms with E-state index in [2.05, 4.69) is 41.8 Å². The molecule has 1 saturated carbocycles. The molecular weight excluding hydrogens is 304 g/mol. The van der Waals surface area contributed by atoms with Crippen molar-refractivity contribution in [3.63, 3.8) is 0 Å². The zero-order chi connectivity index (χ0) is 16.0. The Labute approximate surface area is 140 Å². The summed E-state index contributed by atoms with van der Waals surface area (Å²) in [6.07, 6.45) is 8.27. The van der Waals surface area contributed by atoms with Crippen LogP contribution in [0.15, 0.2) is 12.4 Å². The lowest BCUT2D eigenvalue weighted by atomic mass is 9.94. The van der Waals surface area contributed by atoms with Crippen molar-refractivity contribution in [2.45, 2.75) is 52.0 Å². The summed E-state index contributed by atoms with van der Waals surface area (Å²) in [6.45, 7) is 4.20. The summed E-state index contributed by atoms with van der Waals surface area (Å²) in [5, 5.41) is 1.19. The first-order chi connectivity index (χ1) is 11.1. The Bertz CT molecular complexity index is 864. The molecule has 1 aliphatic carbocycles. The van der Waals surface area contributed by atoms with Gasteiger partial charge >= 0.3 is 0 Å². The molecule has 0 unspecified atom stereocenters. The second kappa shape index (κ2) is 5.71.